The molecular formula is C20H27N5OS. The maximum Gasteiger partial charge on any atom is 0.223 e. The van der Waals surface area contributed by atoms with E-state index in [4.69, 9.17) is 0 Å². The van der Waals surface area contributed by atoms with E-state index < -0.39 is 0 Å². The zero-order valence-electron chi connectivity index (χ0n) is 15.9. The van der Waals surface area contributed by atoms with Crippen LogP contribution in [0.15, 0.2) is 35.3 Å². The number of aromatic nitrogens is 1. The molecule has 0 atom stereocenters. The number of hydrogen-bond donors (Lipinski definition) is 3. The molecule has 0 saturated heterocycles. The number of carbonyl (C=O) groups excluding carboxylic acids is 1. The molecule has 3 N–H and O–H groups in total. The fourth-order valence-electron chi connectivity index (χ4n) is 2.63. The van der Waals surface area contributed by atoms with Gasteiger partial charge in [-0.1, -0.05) is 30.3 Å². The van der Waals surface area contributed by atoms with E-state index in [9.17, 15) is 4.79 Å². The van der Waals surface area contributed by atoms with Gasteiger partial charge in [-0.15, -0.1) is 11.3 Å². The van der Waals surface area contributed by atoms with Crippen molar-refractivity contribution in [3.63, 3.8) is 0 Å². The third kappa shape index (κ3) is 5.79. The van der Waals surface area contributed by atoms with Crippen molar-refractivity contribution in [2.24, 2.45) is 10.9 Å². The van der Waals surface area contributed by atoms with E-state index in [0.717, 1.165) is 46.5 Å². The van der Waals surface area contributed by atoms with Gasteiger partial charge in [0.15, 0.2) is 5.96 Å². The quantitative estimate of drug-likeness (QED) is 0.371. The summed E-state index contributed by atoms with van der Waals surface area (Å²) < 4.78 is 0. The van der Waals surface area contributed by atoms with Crippen LogP contribution in [0.4, 0.5) is 0 Å². The van der Waals surface area contributed by atoms with Crippen molar-refractivity contribution in [3.8, 4) is 10.6 Å². The van der Waals surface area contributed by atoms with Gasteiger partial charge in [0.2, 0.25) is 5.91 Å². The first-order valence-electron chi connectivity index (χ1n) is 9.49. The van der Waals surface area contributed by atoms with Crippen molar-refractivity contribution in [2.45, 2.75) is 33.2 Å². The third-order valence-electron chi connectivity index (χ3n) is 4.30. The molecule has 0 bridgehead atoms. The van der Waals surface area contributed by atoms with Crippen LogP contribution in [0.25, 0.3) is 10.6 Å². The molecule has 2 aromatic rings. The molecule has 0 unspecified atom stereocenters. The number of carbonyl (C=O) groups is 1. The monoisotopic (exact) mass is 385 g/mol. The van der Waals surface area contributed by atoms with E-state index in [1.54, 1.807) is 11.3 Å². The number of hydrogen-bond acceptors (Lipinski definition) is 4. The fraction of sp³-hybridized carbons (Fsp3) is 0.450. The number of amides is 1. The number of aryl methyl sites for hydroxylation is 1. The maximum atomic E-state index is 11.7. The molecule has 27 heavy (non-hydrogen) atoms. The third-order valence-corrected chi connectivity index (χ3v) is 5.49. The van der Waals surface area contributed by atoms with Crippen LogP contribution in [-0.4, -0.2) is 36.5 Å². The number of thiazole rings is 1. The van der Waals surface area contributed by atoms with Crippen LogP contribution in [0.1, 0.15) is 30.3 Å². The van der Waals surface area contributed by atoms with Crippen LogP contribution in [-0.2, 0) is 11.3 Å². The molecule has 0 aliphatic heterocycles. The minimum Gasteiger partial charge on any atom is -0.357 e. The fourth-order valence-corrected chi connectivity index (χ4v) is 3.62. The number of rotatable bonds is 8. The molecule has 0 spiro atoms. The SMILES string of the molecule is CCNC(=NCc1sc(-c2ccccc2)nc1C)NCCNC(=O)C1CC1. The van der Waals surface area contributed by atoms with E-state index in [1.165, 1.54) is 0 Å². The van der Waals surface area contributed by atoms with Crippen molar-refractivity contribution < 1.29 is 4.79 Å². The highest BCUT2D eigenvalue weighted by molar-refractivity contribution is 7.15. The van der Waals surface area contributed by atoms with Crippen molar-refractivity contribution in [3.05, 3.63) is 40.9 Å². The molecule has 1 heterocycles. The van der Waals surface area contributed by atoms with Gasteiger partial charge < -0.3 is 16.0 Å². The van der Waals surface area contributed by atoms with Gasteiger partial charge in [0.25, 0.3) is 0 Å². The lowest BCUT2D eigenvalue weighted by Gasteiger charge is -2.11. The highest BCUT2D eigenvalue weighted by Crippen LogP contribution is 2.29. The molecule has 7 heteroatoms. The second kappa shape index (κ2) is 9.50. The summed E-state index contributed by atoms with van der Waals surface area (Å²) in [4.78, 5) is 22.2. The normalized spacial score (nSPS) is 14.1. The first-order valence-corrected chi connectivity index (χ1v) is 10.3. The molecule has 144 valence electrons. The topological polar surface area (TPSA) is 78.4 Å². The summed E-state index contributed by atoms with van der Waals surface area (Å²) in [5, 5.41) is 10.5. The Morgan fingerprint density at radius 3 is 2.63 bits per heavy atom. The summed E-state index contributed by atoms with van der Waals surface area (Å²) in [6.07, 6.45) is 2.06. The van der Waals surface area contributed by atoms with E-state index in [0.29, 0.717) is 19.6 Å². The second-order valence-corrected chi connectivity index (χ2v) is 7.66. The van der Waals surface area contributed by atoms with Gasteiger partial charge in [-0.2, -0.15) is 0 Å². The number of guanidine groups is 1. The van der Waals surface area contributed by atoms with Crippen molar-refractivity contribution >= 4 is 23.2 Å². The molecule has 1 aromatic carbocycles. The zero-order valence-corrected chi connectivity index (χ0v) is 16.7. The first kappa shape index (κ1) is 19.4. The first-order chi connectivity index (χ1) is 13.2. The number of aliphatic imine (C=N–C) groups is 1. The molecule has 1 fully saturated rings. The molecule has 6 nitrogen and oxygen atoms in total. The smallest absolute Gasteiger partial charge is 0.223 e. The highest BCUT2D eigenvalue weighted by atomic mass is 32.1. The van der Waals surface area contributed by atoms with Gasteiger partial charge in [0.05, 0.1) is 12.2 Å². The van der Waals surface area contributed by atoms with Crippen LogP contribution in [0.3, 0.4) is 0 Å². The minimum atomic E-state index is 0.174. The molecule has 1 aromatic heterocycles. The zero-order chi connectivity index (χ0) is 19.1. The van der Waals surface area contributed by atoms with Crippen LogP contribution in [0, 0.1) is 12.8 Å². The Kier molecular flexibility index (Phi) is 6.81. The minimum absolute atomic E-state index is 0.174. The standard InChI is InChI=1S/C20H27N5OS/c1-3-21-20(23-12-11-22-18(26)15-9-10-15)24-13-17-14(2)25-19(27-17)16-7-5-4-6-8-16/h4-8,15H,3,9-13H2,1-2H3,(H,22,26)(H2,21,23,24). The van der Waals surface area contributed by atoms with Gasteiger partial charge in [-0.05, 0) is 26.7 Å². The van der Waals surface area contributed by atoms with E-state index in [1.807, 2.05) is 32.0 Å². The van der Waals surface area contributed by atoms with E-state index in [2.05, 4.69) is 38.1 Å². The van der Waals surface area contributed by atoms with Crippen molar-refractivity contribution in [1.29, 1.82) is 0 Å². The predicted molar refractivity (Wildman–Crippen MR) is 111 cm³/mol. The van der Waals surface area contributed by atoms with Crippen LogP contribution in [0.5, 0.6) is 0 Å². The molecule has 3 rings (SSSR count). The van der Waals surface area contributed by atoms with Gasteiger partial charge in [0, 0.05) is 36.0 Å². The average molecular weight is 386 g/mol. The molecule has 1 aliphatic carbocycles. The molecule has 0 radical (unpaired) electrons. The van der Waals surface area contributed by atoms with E-state index in [-0.39, 0.29) is 11.8 Å². The molecular weight excluding hydrogens is 358 g/mol. The second-order valence-electron chi connectivity index (χ2n) is 6.58. The lowest BCUT2D eigenvalue weighted by atomic mass is 10.2. The Labute approximate surface area is 164 Å². The van der Waals surface area contributed by atoms with Gasteiger partial charge in [-0.25, -0.2) is 9.98 Å². The van der Waals surface area contributed by atoms with Gasteiger partial charge in [-0.3, -0.25) is 4.79 Å². The van der Waals surface area contributed by atoms with Crippen molar-refractivity contribution in [2.75, 3.05) is 19.6 Å². The lowest BCUT2D eigenvalue weighted by molar-refractivity contribution is -0.122. The molecule has 1 amide bonds. The maximum absolute atomic E-state index is 11.7. The summed E-state index contributed by atoms with van der Waals surface area (Å²) in [6.45, 7) is 6.70. The Morgan fingerprint density at radius 2 is 1.93 bits per heavy atom. The van der Waals surface area contributed by atoms with E-state index >= 15 is 0 Å². The number of nitrogens with one attached hydrogen (secondary N) is 3. The summed E-state index contributed by atoms with van der Waals surface area (Å²) >= 11 is 1.68. The summed E-state index contributed by atoms with van der Waals surface area (Å²) in [7, 11) is 0. The average Bonchev–Trinajstić information content (AvgIpc) is 3.47. The summed E-state index contributed by atoms with van der Waals surface area (Å²) in [5.74, 6) is 1.18. The Bertz CT molecular complexity index is 783. The Morgan fingerprint density at radius 1 is 1.19 bits per heavy atom. The largest absolute Gasteiger partial charge is 0.357 e. The van der Waals surface area contributed by atoms with Crippen LogP contribution >= 0.6 is 11.3 Å². The van der Waals surface area contributed by atoms with Crippen molar-refractivity contribution in [1.82, 2.24) is 20.9 Å². The summed E-state index contributed by atoms with van der Waals surface area (Å²) in [6, 6.07) is 10.2. The lowest BCUT2D eigenvalue weighted by Crippen LogP contribution is -2.41. The summed E-state index contributed by atoms with van der Waals surface area (Å²) in [5.41, 5.74) is 2.16. The Balaban J connectivity index is 1.54. The number of nitrogens with zero attached hydrogens (tertiary/aromatic N) is 2. The molecule has 1 saturated carbocycles. The molecule has 1 aliphatic rings. The number of benzene rings is 1. The predicted octanol–water partition coefficient (Wildman–Crippen LogP) is 2.70. The van der Waals surface area contributed by atoms with Gasteiger partial charge >= 0.3 is 0 Å². The van der Waals surface area contributed by atoms with Crippen LogP contribution in [0.2, 0.25) is 0 Å². The Hall–Kier alpha value is -2.41. The van der Waals surface area contributed by atoms with Gasteiger partial charge in [0.1, 0.15) is 5.01 Å². The van der Waals surface area contributed by atoms with Crippen LogP contribution < -0.4 is 16.0 Å². The highest BCUT2D eigenvalue weighted by Gasteiger charge is 2.28.